The van der Waals surface area contributed by atoms with E-state index in [9.17, 15) is 0 Å². The highest BCUT2D eigenvalue weighted by atomic mass is 16.6. The molecule has 1 atom stereocenters. The van der Waals surface area contributed by atoms with Crippen LogP contribution in [0.2, 0.25) is 0 Å². The van der Waals surface area contributed by atoms with E-state index in [0.717, 1.165) is 12.3 Å². The van der Waals surface area contributed by atoms with Crippen molar-refractivity contribution in [2.24, 2.45) is 0 Å². The molecule has 2 heterocycles. The molecule has 0 radical (unpaired) electrons. The van der Waals surface area contributed by atoms with Crippen LogP contribution in [-0.2, 0) is 4.74 Å². The summed E-state index contributed by atoms with van der Waals surface area (Å²) in [5, 5.41) is 0. The van der Waals surface area contributed by atoms with Crippen LogP contribution in [0.4, 0.5) is 5.82 Å². The predicted octanol–water partition coefficient (Wildman–Crippen LogP) is 1.70. The lowest BCUT2D eigenvalue weighted by atomic mass is 10.3. The van der Waals surface area contributed by atoms with E-state index >= 15 is 0 Å². The Labute approximate surface area is 64.5 Å². The zero-order chi connectivity index (χ0) is 7.68. The normalized spacial score (nSPS) is 20.8. The highest BCUT2D eigenvalue weighted by molar-refractivity contribution is 5.36. The summed E-state index contributed by atoms with van der Waals surface area (Å²) in [7, 11) is 0. The molecule has 1 aliphatic heterocycles. The molecule has 0 aromatic carbocycles. The van der Waals surface area contributed by atoms with Gasteiger partial charge in [0.25, 0.3) is 5.82 Å². The standard InChI is InChI=1S/C8H6N2O/c1-9-8-4-2-3-6(10-8)7-5-11-7/h2-4,7H,5H2/t7-/m0/s1. The van der Waals surface area contributed by atoms with E-state index in [1.54, 1.807) is 6.07 Å². The minimum Gasteiger partial charge on any atom is -0.364 e. The van der Waals surface area contributed by atoms with Gasteiger partial charge in [0.15, 0.2) is 5.69 Å². The molecule has 0 aliphatic carbocycles. The van der Waals surface area contributed by atoms with Crippen LogP contribution in [0.3, 0.4) is 0 Å². The van der Waals surface area contributed by atoms with Gasteiger partial charge in [0, 0.05) is 0 Å². The fourth-order valence-corrected chi connectivity index (χ4v) is 0.900. The largest absolute Gasteiger partial charge is 0.364 e. The fourth-order valence-electron chi connectivity index (χ4n) is 0.900. The maximum atomic E-state index is 6.72. The zero-order valence-corrected chi connectivity index (χ0v) is 5.82. The Bertz CT molecular complexity index is 312. The van der Waals surface area contributed by atoms with Crippen molar-refractivity contribution in [1.82, 2.24) is 4.98 Å². The first-order valence-electron chi connectivity index (χ1n) is 3.36. The Hall–Kier alpha value is -1.40. The minimum absolute atomic E-state index is 0.150. The molecule has 0 unspecified atom stereocenters. The molecule has 0 saturated carbocycles. The zero-order valence-electron chi connectivity index (χ0n) is 5.82. The van der Waals surface area contributed by atoms with Crippen molar-refractivity contribution in [1.29, 1.82) is 0 Å². The van der Waals surface area contributed by atoms with Gasteiger partial charge < -0.3 is 9.58 Å². The SMILES string of the molecule is [C-]#[N+]c1cccc([C@@H]2CO2)n1. The lowest BCUT2D eigenvalue weighted by Crippen LogP contribution is -1.84. The summed E-state index contributed by atoms with van der Waals surface area (Å²) >= 11 is 0. The van der Waals surface area contributed by atoms with Crippen molar-refractivity contribution in [2.45, 2.75) is 6.10 Å². The van der Waals surface area contributed by atoms with E-state index in [1.807, 2.05) is 12.1 Å². The van der Waals surface area contributed by atoms with Crippen LogP contribution < -0.4 is 0 Å². The molecule has 0 bridgehead atoms. The van der Waals surface area contributed by atoms with Gasteiger partial charge in [-0.2, -0.15) is 0 Å². The highest BCUT2D eigenvalue weighted by Gasteiger charge is 2.28. The quantitative estimate of drug-likeness (QED) is 0.446. The van der Waals surface area contributed by atoms with Crippen LogP contribution in [0.25, 0.3) is 4.85 Å². The van der Waals surface area contributed by atoms with Crippen LogP contribution in [0.15, 0.2) is 18.2 Å². The van der Waals surface area contributed by atoms with Crippen molar-refractivity contribution in [3.05, 3.63) is 35.3 Å². The van der Waals surface area contributed by atoms with Crippen LogP contribution >= 0.6 is 0 Å². The molecule has 3 nitrogen and oxygen atoms in total. The Kier molecular flexibility index (Phi) is 1.34. The van der Waals surface area contributed by atoms with Crippen LogP contribution in [0.5, 0.6) is 0 Å². The van der Waals surface area contributed by atoms with E-state index in [4.69, 9.17) is 11.3 Å². The number of hydrogen-bond acceptors (Lipinski definition) is 2. The molecule has 1 fully saturated rings. The summed E-state index contributed by atoms with van der Waals surface area (Å²) in [5.74, 6) is 0.443. The van der Waals surface area contributed by atoms with E-state index in [0.29, 0.717) is 5.82 Å². The molecule has 1 saturated heterocycles. The molecule has 2 rings (SSSR count). The molecule has 0 N–H and O–H groups in total. The summed E-state index contributed by atoms with van der Waals surface area (Å²) in [5.41, 5.74) is 0.874. The maximum absolute atomic E-state index is 6.72. The van der Waals surface area contributed by atoms with Gasteiger partial charge in [-0.3, -0.25) is 0 Å². The summed E-state index contributed by atoms with van der Waals surface area (Å²) in [4.78, 5) is 7.30. The number of hydrogen-bond donors (Lipinski definition) is 0. The third kappa shape index (κ3) is 1.21. The van der Waals surface area contributed by atoms with E-state index in [-0.39, 0.29) is 6.10 Å². The van der Waals surface area contributed by atoms with Gasteiger partial charge in [0.05, 0.1) is 6.61 Å². The molecule has 0 amide bonds. The Morgan fingerprint density at radius 1 is 1.64 bits per heavy atom. The summed E-state index contributed by atoms with van der Waals surface area (Å²) in [6, 6.07) is 5.41. The molecule has 1 aromatic heterocycles. The minimum atomic E-state index is 0.150. The number of epoxide rings is 1. The summed E-state index contributed by atoms with van der Waals surface area (Å²) in [6.45, 7) is 7.47. The fraction of sp³-hybridized carbons (Fsp3) is 0.250. The van der Waals surface area contributed by atoms with Gasteiger partial charge in [0.2, 0.25) is 0 Å². The lowest BCUT2D eigenvalue weighted by molar-refractivity contribution is 0.411. The maximum Gasteiger partial charge on any atom is 0.269 e. The number of rotatable bonds is 1. The number of ether oxygens (including phenoxy) is 1. The topological polar surface area (TPSA) is 29.8 Å². The Morgan fingerprint density at radius 3 is 3.09 bits per heavy atom. The molecule has 1 aromatic rings. The first-order valence-corrected chi connectivity index (χ1v) is 3.36. The number of pyridine rings is 1. The summed E-state index contributed by atoms with van der Waals surface area (Å²) < 4.78 is 5.03. The van der Waals surface area contributed by atoms with Gasteiger partial charge in [-0.05, 0) is 12.1 Å². The molecule has 0 spiro atoms. The smallest absolute Gasteiger partial charge is 0.269 e. The van der Waals surface area contributed by atoms with E-state index in [1.165, 1.54) is 0 Å². The lowest BCUT2D eigenvalue weighted by Gasteiger charge is -1.89. The average molecular weight is 146 g/mol. The van der Waals surface area contributed by atoms with E-state index < -0.39 is 0 Å². The van der Waals surface area contributed by atoms with Crippen LogP contribution in [-0.4, -0.2) is 11.6 Å². The summed E-state index contributed by atoms with van der Waals surface area (Å²) in [6.07, 6.45) is 0.150. The third-order valence-electron chi connectivity index (χ3n) is 1.53. The first kappa shape index (κ1) is 6.32. The van der Waals surface area contributed by atoms with Crippen molar-refractivity contribution in [2.75, 3.05) is 6.61 Å². The molecular formula is C8H6N2O. The predicted molar refractivity (Wildman–Crippen MR) is 39.2 cm³/mol. The van der Waals surface area contributed by atoms with Crippen molar-refractivity contribution >= 4 is 5.82 Å². The molecule has 11 heavy (non-hydrogen) atoms. The van der Waals surface area contributed by atoms with Crippen molar-refractivity contribution in [3.8, 4) is 0 Å². The number of nitrogens with zero attached hydrogens (tertiary/aromatic N) is 2. The van der Waals surface area contributed by atoms with Gasteiger partial charge in [-0.15, -0.1) is 4.98 Å². The molecule has 3 heteroatoms. The highest BCUT2D eigenvalue weighted by Crippen LogP contribution is 2.28. The van der Waals surface area contributed by atoms with Crippen LogP contribution in [0, 0.1) is 6.57 Å². The van der Waals surface area contributed by atoms with Crippen molar-refractivity contribution < 1.29 is 4.74 Å². The molecule has 1 aliphatic rings. The van der Waals surface area contributed by atoms with Gasteiger partial charge >= 0.3 is 0 Å². The van der Waals surface area contributed by atoms with Gasteiger partial charge in [0.1, 0.15) is 6.10 Å². The van der Waals surface area contributed by atoms with Gasteiger partial charge in [-0.1, -0.05) is 12.6 Å². The average Bonchev–Trinajstić information content (AvgIpc) is 2.87. The monoisotopic (exact) mass is 146 g/mol. The van der Waals surface area contributed by atoms with Crippen LogP contribution in [0.1, 0.15) is 11.8 Å². The molecular weight excluding hydrogens is 140 g/mol. The Balaban J connectivity index is 2.35. The number of aromatic nitrogens is 1. The third-order valence-corrected chi connectivity index (χ3v) is 1.53. The second kappa shape index (κ2) is 2.33. The van der Waals surface area contributed by atoms with Crippen molar-refractivity contribution in [3.63, 3.8) is 0 Å². The second-order valence-corrected chi connectivity index (χ2v) is 2.35. The second-order valence-electron chi connectivity index (χ2n) is 2.35. The van der Waals surface area contributed by atoms with E-state index in [2.05, 4.69) is 9.83 Å². The Morgan fingerprint density at radius 2 is 2.45 bits per heavy atom. The molecule has 54 valence electrons. The first-order chi connectivity index (χ1) is 5.40. The van der Waals surface area contributed by atoms with Gasteiger partial charge in [-0.25, -0.2) is 0 Å².